The highest BCUT2D eigenvalue weighted by atomic mass is 32.2. The Bertz CT molecular complexity index is 1620. The zero-order chi connectivity index (χ0) is 43.7. The number of nitrogens with one attached hydrogen (secondary N) is 2. The van der Waals surface area contributed by atoms with Gasteiger partial charge in [0.05, 0.1) is 24.2 Å². The summed E-state index contributed by atoms with van der Waals surface area (Å²) in [5.41, 5.74) is 0.392. The zero-order valence-corrected chi connectivity index (χ0v) is 36.1. The SMILES string of the molecule is C=C(C)C(=O)OCCNC(=O)C(C)(C)CC.CCC(C)(C)C(=O)Nc1ccc(C(=O)SC)cc1.CCC(C)(C)C(=O)OCCOC(=O)C1C2C=CC(O2)C1C(=O)O. The minimum atomic E-state index is -1.08. The Morgan fingerprint density at radius 1 is 0.754 bits per heavy atom. The van der Waals surface area contributed by atoms with E-state index in [2.05, 4.69) is 17.2 Å². The van der Waals surface area contributed by atoms with E-state index < -0.39 is 47.4 Å². The third-order valence-electron chi connectivity index (χ3n) is 9.98. The molecule has 2 aliphatic heterocycles. The third kappa shape index (κ3) is 15.8. The maximum absolute atomic E-state index is 12.1. The van der Waals surface area contributed by atoms with E-state index in [1.807, 2.05) is 48.5 Å². The summed E-state index contributed by atoms with van der Waals surface area (Å²) >= 11 is 1.18. The van der Waals surface area contributed by atoms with Gasteiger partial charge in [-0.2, -0.15) is 0 Å². The number of anilines is 1. The number of fused-ring (bicyclic) bond motifs is 2. The fraction of sp³-hybridized carbons (Fsp3) is 0.595. The number of rotatable bonds is 17. The number of esters is 3. The van der Waals surface area contributed by atoms with E-state index in [-0.39, 0.29) is 53.5 Å². The predicted octanol–water partition coefficient (Wildman–Crippen LogP) is 6.39. The Morgan fingerprint density at radius 3 is 1.75 bits per heavy atom. The van der Waals surface area contributed by atoms with Crippen LogP contribution in [0.3, 0.4) is 0 Å². The lowest BCUT2D eigenvalue weighted by Crippen LogP contribution is -2.38. The lowest BCUT2D eigenvalue weighted by atomic mass is 9.83. The van der Waals surface area contributed by atoms with Crippen molar-refractivity contribution in [3.63, 3.8) is 0 Å². The van der Waals surface area contributed by atoms with Crippen LogP contribution in [0.4, 0.5) is 5.69 Å². The van der Waals surface area contributed by atoms with Crippen LogP contribution >= 0.6 is 11.8 Å². The Kier molecular flexibility index (Phi) is 20.4. The highest BCUT2D eigenvalue weighted by Crippen LogP contribution is 2.40. The van der Waals surface area contributed by atoms with Gasteiger partial charge in [-0.15, -0.1) is 0 Å². The molecule has 0 aliphatic carbocycles. The fourth-order valence-electron chi connectivity index (χ4n) is 4.70. The van der Waals surface area contributed by atoms with Gasteiger partial charge in [-0.3, -0.25) is 28.8 Å². The number of aliphatic carboxylic acids is 1. The van der Waals surface area contributed by atoms with Crippen molar-refractivity contribution < 1.29 is 57.6 Å². The van der Waals surface area contributed by atoms with Crippen molar-refractivity contribution >= 4 is 58.3 Å². The number of carboxylic acid groups (broad SMARTS) is 1. The Morgan fingerprint density at radius 2 is 1.26 bits per heavy atom. The molecule has 0 radical (unpaired) electrons. The molecule has 1 fully saturated rings. The number of amides is 2. The molecule has 3 rings (SSSR count). The van der Waals surface area contributed by atoms with Crippen LogP contribution in [0.15, 0.2) is 48.6 Å². The van der Waals surface area contributed by atoms with Gasteiger partial charge in [-0.05, 0) is 70.6 Å². The first kappa shape index (κ1) is 50.5. The highest BCUT2D eigenvalue weighted by Gasteiger charge is 2.54. The summed E-state index contributed by atoms with van der Waals surface area (Å²) in [7, 11) is 0. The van der Waals surface area contributed by atoms with Crippen LogP contribution in [-0.2, 0) is 47.7 Å². The van der Waals surface area contributed by atoms with E-state index >= 15 is 0 Å². The maximum Gasteiger partial charge on any atom is 0.333 e. The normalized spacial score (nSPS) is 18.1. The lowest BCUT2D eigenvalue weighted by Gasteiger charge is -2.21. The summed E-state index contributed by atoms with van der Waals surface area (Å²) in [6.45, 7) is 22.4. The molecule has 14 nitrogen and oxygen atoms in total. The van der Waals surface area contributed by atoms with Gasteiger partial charge in [0.1, 0.15) is 31.7 Å². The first-order valence-electron chi connectivity index (χ1n) is 19.0. The minimum absolute atomic E-state index is 0.00561. The van der Waals surface area contributed by atoms with Crippen LogP contribution in [0.2, 0.25) is 0 Å². The van der Waals surface area contributed by atoms with Crippen LogP contribution in [0, 0.1) is 28.1 Å². The Hall–Kier alpha value is -4.50. The summed E-state index contributed by atoms with van der Waals surface area (Å²) < 4.78 is 20.4. The number of carbonyl (C=O) groups is 7. The summed E-state index contributed by atoms with van der Waals surface area (Å²) in [6, 6.07) is 6.97. The lowest BCUT2D eigenvalue weighted by molar-refractivity contribution is -0.163. The van der Waals surface area contributed by atoms with Gasteiger partial charge in [0, 0.05) is 27.7 Å². The molecule has 4 unspecified atom stereocenters. The highest BCUT2D eigenvalue weighted by molar-refractivity contribution is 8.13. The van der Waals surface area contributed by atoms with E-state index in [9.17, 15) is 38.7 Å². The van der Waals surface area contributed by atoms with Gasteiger partial charge in [0.2, 0.25) is 16.9 Å². The smallest absolute Gasteiger partial charge is 0.333 e. The maximum atomic E-state index is 12.1. The molecule has 0 spiro atoms. The number of thioether (sulfide) groups is 1. The van der Waals surface area contributed by atoms with Crippen molar-refractivity contribution in [1.82, 2.24) is 5.32 Å². The average molecular weight is 819 g/mol. The Balaban J connectivity index is 0.000000437. The average Bonchev–Trinajstić information content (AvgIpc) is 3.81. The van der Waals surface area contributed by atoms with E-state index in [1.165, 1.54) is 11.8 Å². The second-order valence-corrected chi connectivity index (χ2v) is 16.3. The molecule has 2 heterocycles. The molecular formula is C42H62N2O12S. The molecule has 4 atom stereocenters. The standard InChI is InChI=1S/C16H22O7.C14H19NO2S.C12H21NO3/c1-4-16(2,3)15(20)22-8-7-21-14(19)12-10-6-5-9(23-10)11(12)13(17)18;1-5-14(2,3)13(17)15-11-8-6-10(7-9-11)12(16)18-4;1-6-12(4,5)11(15)13-7-8-16-10(14)9(2)3/h5-6,9-12H,4,7-8H2,1-3H3,(H,17,18);6-9H,5H2,1-4H3,(H,15,17);2,6-8H2,1,3-5H3,(H,13,15). The molecule has 57 heavy (non-hydrogen) atoms. The summed E-state index contributed by atoms with van der Waals surface area (Å²) in [5, 5.41) is 14.8. The quantitative estimate of drug-likeness (QED) is 0.0514. The van der Waals surface area contributed by atoms with Gasteiger partial charge in [-0.1, -0.05) is 79.0 Å². The molecule has 318 valence electrons. The topological polar surface area (TPSA) is 201 Å². The molecule has 3 N–H and O–H groups in total. The van der Waals surface area contributed by atoms with Crippen molar-refractivity contribution in [2.75, 3.05) is 37.9 Å². The number of carboxylic acids is 1. The van der Waals surface area contributed by atoms with Crippen molar-refractivity contribution in [3.05, 3.63) is 54.1 Å². The molecule has 0 aromatic heterocycles. The molecule has 2 bridgehead atoms. The molecular weight excluding hydrogens is 757 g/mol. The van der Waals surface area contributed by atoms with E-state index in [0.29, 0.717) is 24.1 Å². The molecule has 15 heteroatoms. The van der Waals surface area contributed by atoms with Gasteiger partial charge < -0.3 is 34.7 Å². The van der Waals surface area contributed by atoms with Gasteiger partial charge >= 0.3 is 23.9 Å². The molecule has 2 amide bonds. The van der Waals surface area contributed by atoms with Crippen molar-refractivity contribution in [1.29, 1.82) is 0 Å². The summed E-state index contributed by atoms with van der Waals surface area (Å²) in [4.78, 5) is 81.2. The molecule has 0 saturated carbocycles. The largest absolute Gasteiger partial charge is 0.481 e. The first-order chi connectivity index (χ1) is 26.5. The number of ether oxygens (including phenoxy) is 4. The van der Waals surface area contributed by atoms with Crippen LogP contribution in [0.5, 0.6) is 0 Å². The van der Waals surface area contributed by atoms with Crippen LogP contribution in [0.25, 0.3) is 0 Å². The van der Waals surface area contributed by atoms with Gasteiger partial charge in [-0.25, -0.2) is 4.79 Å². The van der Waals surface area contributed by atoms with E-state index in [0.717, 1.165) is 18.5 Å². The zero-order valence-electron chi connectivity index (χ0n) is 35.3. The Labute approximate surface area is 341 Å². The second kappa shape index (κ2) is 23.0. The number of hydrogen-bond acceptors (Lipinski definition) is 12. The van der Waals surface area contributed by atoms with Crippen LogP contribution < -0.4 is 10.6 Å². The van der Waals surface area contributed by atoms with Crippen molar-refractivity contribution in [2.45, 2.75) is 101 Å². The van der Waals surface area contributed by atoms with Crippen LogP contribution in [-0.4, -0.2) is 90.7 Å². The monoisotopic (exact) mass is 818 g/mol. The summed E-state index contributed by atoms with van der Waals surface area (Å²) in [6.07, 6.45) is 6.13. The van der Waals surface area contributed by atoms with Crippen molar-refractivity contribution in [3.8, 4) is 0 Å². The van der Waals surface area contributed by atoms with Crippen LogP contribution in [0.1, 0.15) is 98.9 Å². The molecule has 1 saturated heterocycles. The van der Waals surface area contributed by atoms with E-state index in [4.69, 9.17) is 18.9 Å². The molecule has 1 aromatic rings. The second-order valence-electron chi connectivity index (χ2n) is 15.6. The molecule has 2 aliphatic rings. The predicted molar refractivity (Wildman–Crippen MR) is 218 cm³/mol. The molecule has 1 aromatic carbocycles. The fourth-order valence-corrected chi connectivity index (χ4v) is 5.07. The van der Waals surface area contributed by atoms with E-state index in [1.54, 1.807) is 63.4 Å². The van der Waals surface area contributed by atoms with Crippen molar-refractivity contribution in [2.24, 2.45) is 28.1 Å². The minimum Gasteiger partial charge on any atom is -0.481 e. The number of hydrogen-bond donors (Lipinski definition) is 3. The first-order valence-corrected chi connectivity index (χ1v) is 20.2. The van der Waals surface area contributed by atoms with Gasteiger partial charge in [0.15, 0.2) is 0 Å². The third-order valence-corrected chi connectivity index (χ3v) is 10.6. The van der Waals surface area contributed by atoms with Gasteiger partial charge in [0.25, 0.3) is 0 Å². The summed E-state index contributed by atoms with van der Waals surface area (Å²) in [5.74, 6) is -4.32. The number of carbonyl (C=O) groups excluding carboxylic acids is 6. The number of benzene rings is 1.